The first-order valence-electron chi connectivity index (χ1n) is 9.62. The molecule has 10 heteroatoms. The van der Waals surface area contributed by atoms with E-state index in [1.54, 1.807) is 56.3 Å². The molecule has 3 rings (SSSR count). The number of benzene rings is 2. The molecule has 168 valence electrons. The second-order valence-corrected chi connectivity index (χ2v) is 8.19. The fourth-order valence-corrected chi connectivity index (χ4v) is 4.08. The quantitative estimate of drug-likeness (QED) is 0.349. The van der Waals surface area contributed by atoms with E-state index in [1.165, 1.54) is 0 Å². The smallest absolute Gasteiger partial charge is 0.344 e. The van der Waals surface area contributed by atoms with Gasteiger partial charge in [-0.3, -0.25) is 9.59 Å². The van der Waals surface area contributed by atoms with Gasteiger partial charge in [-0.1, -0.05) is 23.2 Å². The third kappa shape index (κ3) is 5.56. The van der Waals surface area contributed by atoms with E-state index >= 15 is 0 Å². The van der Waals surface area contributed by atoms with Crippen LogP contribution in [0.1, 0.15) is 19.4 Å². The summed E-state index contributed by atoms with van der Waals surface area (Å²) in [6.07, 6.45) is 1.55. The SMILES string of the molecule is CCOC(=O)COc1c(Cl)cc(/C=C2/SC(=O)N(c3ccc(Cl)cc3)C2=O)cc1OCC. The van der Waals surface area contributed by atoms with E-state index in [0.717, 1.165) is 16.7 Å². The summed E-state index contributed by atoms with van der Waals surface area (Å²) in [5.41, 5.74) is 0.958. The Kier molecular flexibility index (Phi) is 8.06. The molecule has 1 aliphatic rings. The summed E-state index contributed by atoms with van der Waals surface area (Å²) < 4.78 is 15.9. The van der Waals surface area contributed by atoms with Gasteiger partial charge in [-0.15, -0.1) is 0 Å². The van der Waals surface area contributed by atoms with Crippen molar-refractivity contribution in [3.8, 4) is 11.5 Å². The second-order valence-electron chi connectivity index (χ2n) is 6.35. The van der Waals surface area contributed by atoms with Crippen molar-refractivity contribution in [3.05, 3.63) is 56.9 Å². The topological polar surface area (TPSA) is 82.1 Å². The molecule has 0 aromatic heterocycles. The third-order valence-corrected chi connectivity index (χ3v) is 5.55. The highest BCUT2D eigenvalue weighted by Gasteiger charge is 2.36. The Morgan fingerprint density at radius 1 is 1.06 bits per heavy atom. The van der Waals surface area contributed by atoms with E-state index in [1.807, 2.05) is 0 Å². The number of halogens is 2. The molecule has 0 unspecified atom stereocenters. The molecule has 0 N–H and O–H groups in total. The van der Waals surface area contributed by atoms with Crippen LogP contribution in [-0.2, 0) is 14.3 Å². The fourth-order valence-electron chi connectivity index (χ4n) is 2.84. The summed E-state index contributed by atoms with van der Waals surface area (Å²) in [6, 6.07) is 9.58. The van der Waals surface area contributed by atoms with Gasteiger partial charge >= 0.3 is 5.97 Å². The minimum Gasteiger partial charge on any atom is -0.490 e. The molecule has 1 saturated heterocycles. The third-order valence-electron chi connectivity index (χ3n) is 4.15. The maximum Gasteiger partial charge on any atom is 0.344 e. The Morgan fingerprint density at radius 2 is 1.78 bits per heavy atom. The summed E-state index contributed by atoms with van der Waals surface area (Å²) in [5.74, 6) is -0.509. The molecule has 0 atom stereocenters. The van der Waals surface area contributed by atoms with Gasteiger partial charge in [0.2, 0.25) is 0 Å². The lowest BCUT2D eigenvalue weighted by Crippen LogP contribution is -2.27. The summed E-state index contributed by atoms with van der Waals surface area (Å²) >= 11 is 13.1. The zero-order chi connectivity index (χ0) is 23.3. The average Bonchev–Trinajstić information content (AvgIpc) is 3.01. The highest BCUT2D eigenvalue weighted by Crippen LogP contribution is 2.40. The lowest BCUT2D eigenvalue weighted by molar-refractivity contribution is -0.145. The number of nitrogens with zero attached hydrogens (tertiary/aromatic N) is 1. The molecule has 7 nitrogen and oxygen atoms in total. The van der Waals surface area contributed by atoms with Gasteiger partial charge in [0, 0.05) is 5.02 Å². The van der Waals surface area contributed by atoms with Crippen LogP contribution < -0.4 is 14.4 Å². The van der Waals surface area contributed by atoms with Crippen LogP contribution in [0, 0.1) is 0 Å². The van der Waals surface area contributed by atoms with E-state index in [0.29, 0.717) is 28.6 Å². The number of amides is 2. The molecule has 0 saturated carbocycles. The molecule has 0 bridgehead atoms. The van der Waals surface area contributed by atoms with E-state index in [-0.39, 0.29) is 28.9 Å². The van der Waals surface area contributed by atoms with Crippen molar-refractivity contribution in [2.45, 2.75) is 13.8 Å². The number of anilines is 1. The monoisotopic (exact) mass is 495 g/mol. The lowest BCUT2D eigenvalue weighted by Gasteiger charge is -2.14. The first-order valence-corrected chi connectivity index (χ1v) is 11.2. The Bertz CT molecular complexity index is 1070. The zero-order valence-corrected chi connectivity index (χ0v) is 19.6. The van der Waals surface area contributed by atoms with Gasteiger partial charge in [-0.25, -0.2) is 9.69 Å². The van der Waals surface area contributed by atoms with Crippen molar-refractivity contribution in [2.75, 3.05) is 24.7 Å². The summed E-state index contributed by atoms with van der Waals surface area (Å²) in [5, 5.41) is 0.261. The minimum absolute atomic E-state index is 0.184. The van der Waals surface area contributed by atoms with E-state index < -0.39 is 17.1 Å². The normalized spacial score (nSPS) is 14.8. The Hall–Kier alpha value is -2.68. The van der Waals surface area contributed by atoms with Crippen molar-refractivity contribution in [1.82, 2.24) is 0 Å². The molecule has 1 aliphatic heterocycles. The molecular formula is C22H19Cl2NO6S. The van der Waals surface area contributed by atoms with Gasteiger partial charge in [-0.2, -0.15) is 0 Å². The molecule has 2 aromatic carbocycles. The van der Waals surface area contributed by atoms with E-state index in [9.17, 15) is 14.4 Å². The van der Waals surface area contributed by atoms with E-state index in [4.69, 9.17) is 37.4 Å². The number of hydrogen-bond acceptors (Lipinski definition) is 7. The molecule has 0 radical (unpaired) electrons. The standard InChI is InChI=1S/C22H19Cl2NO6S/c1-3-29-17-10-13(9-16(24)20(17)31-12-19(26)30-4-2)11-18-21(27)25(22(28)32-18)15-7-5-14(23)6-8-15/h5-11H,3-4,12H2,1-2H3/b18-11+. The number of imide groups is 1. The lowest BCUT2D eigenvalue weighted by atomic mass is 10.1. The average molecular weight is 496 g/mol. The molecular weight excluding hydrogens is 477 g/mol. The van der Waals surface area contributed by atoms with Gasteiger partial charge in [0.25, 0.3) is 11.1 Å². The Balaban J connectivity index is 1.87. The number of thioether (sulfide) groups is 1. The van der Waals surface area contributed by atoms with Crippen molar-refractivity contribution in [1.29, 1.82) is 0 Å². The predicted molar refractivity (Wildman–Crippen MR) is 125 cm³/mol. The first-order chi connectivity index (χ1) is 15.3. The van der Waals surface area contributed by atoms with Crippen LogP contribution in [-0.4, -0.2) is 36.9 Å². The van der Waals surface area contributed by atoms with Crippen LogP contribution in [0.25, 0.3) is 6.08 Å². The Morgan fingerprint density at radius 3 is 2.44 bits per heavy atom. The Labute approximate surface area is 199 Å². The number of carbonyl (C=O) groups excluding carboxylic acids is 3. The first kappa shape index (κ1) is 24.0. The van der Waals surface area contributed by atoms with Crippen molar-refractivity contribution < 1.29 is 28.6 Å². The molecule has 1 fully saturated rings. The zero-order valence-electron chi connectivity index (χ0n) is 17.2. The summed E-state index contributed by atoms with van der Waals surface area (Å²) in [6.45, 7) is 3.71. The maximum absolute atomic E-state index is 12.8. The molecule has 32 heavy (non-hydrogen) atoms. The number of ether oxygens (including phenoxy) is 3. The van der Waals surface area contributed by atoms with Crippen LogP contribution in [0.3, 0.4) is 0 Å². The minimum atomic E-state index is -0.536. The number of rotatable bonds is 8. The van der Waals surface area contributed by atoms with Gasteiger partial charge in [0.15, 0.2) is 18.1 Å². The largest absolute Gasteiger partial charge is 0.490 e. The van der Waals surface area contributed by atoms with Crippen molar-refractivity contribution in [2.24, 2.45) is 0 Å². The van der Waals surface area contributed by atoms with Crippen molar-refractivity contribution in [3.63, 3.8) is 0 Å². The van der Waals surface area contributed by atoms with Gasteiger partial charge in [0.1, 0.15) is 0 Å². The van der Waals surface area contributed by atoms with Crippen LogP contribution in [0.15, 0.2) is 41.3 Å². The molecule has 1 heterocycles. The van der Waals surface area contributed by atoms with Gasteiger partial charge in [-0.05, 0) is 73.6 Å². The van der Waals surface area contributed by atoms with E-state index in [2.05, 4.69) is 0 Å². The second kappa shape index (κ2) is 10.8. The predicted octanol–water partition coefficient (Wildman–Crippen LogP) is 5.57. The highest BCUT2D eigenvalue weighted by molar-refractivity contribution is 8.19. The maximum atomic E-state index is 12.8. The van der Waals surface area contributed by atoms with Crippen LogP contribution in [0.5, 0.6) is 11.5 Å². The fraction of sp³-hybridized carbons (Fsp3) is 0.227. The van der Waals surface area contributed by atoms with Crippen LogP contribution >= 0.6 is 35.0 Å². The summed E-state index contributed by atoms with van der Waals surface area (Å²) in [4.78, 5) is 38.2. The van der Waals surface area contributed by atoms with Crippen LogP contribution in [0.2, 0.25) is 10.0 Å². The number of carbonyl (C=O) groups is 3. The van der Waals surface area contributed by atoms with Gasteiger partial charge in [0.05, 0.1) is 28.8 Å². The molecule has 0 aliphatic carbocycles. The number of esters is 1. The highest BCUT2D eigenvalue weighted by atomic mass is 35.5. The number of hydrogen-bond donors (Lipinski definition) is 0. The molecule has 0 spiro atoms. The van der Waals surface area contributed by atoms with Crippen LogP contribution in [0.4, 0.5) is 10.5 Å². The molecule has 2 aromatic rings. The molecule has 2 amide bonds. The van der Waals surface area contributed by atoms with Crippen molar-refractivity contribution >= 4 is 63.8 Å². The van der Waals surface area contributed by atoms with Gasteiger partial charge < -0.3 is 14.2 Å². The summed E-state index contributed by atoms with van der Waals surface area (Å²) in [7, 11) is 0.